The van der Waals surface area contributed by atoms with Crippen LogP contribution in [0, 0.1) is 46.8 Å². The molecule has 1 saturated carbocycles. The Kier molecular flexibility index (Phi) is 7.69. The summed E-state index contributed by atoms with van der Waals surface area (Å²) < 4.78 is 79.1. The SMILES string of the molecule is COc1cccc([C@H]2C3=CC[C@@H]4C(=O)N(c5ccc(Br)cc5)C(=O)[C@@H]4[C@@H]3C[C@@]3(Cl)C(=O)N(c4c(F)c(F)c(F)c(F)c4F)C(=O)[C@@]23Cl)c1O. The number of nitrogens with zero attached hydrogens (tertiary/aromatic N) is 2. The van der Waals surface area contributed by atoms with Crippen molar-refractivity contribution in [2.24, 2.45) is 17.8 Å². The van der Waals surface area contributed by atoms with Gasteiger partial charge in [0.2, 0.25) is 17.6 Å². The molecule has 2 saturated heterocycles. The van der Waals surface area contributed by atoms with Crippen LogP contribution < -0.4 is 14.5 Å². The molecule has 4 amide bonds. The van der Waals surface area contributed by atoms with Crippen molar-refractivity contribution in [2.75, 3.05) is 16.9 Å². The molecule has 0 bridgehead atoms. The molecular formula is C33H20BrCl2F5N2O6. The van der Waals surface area contributed by atoms with Gasteiger partial charge < -0.3 is 9.84 Å². The van der Waals surface area contributed by atoms with Crippen LogP contribution >= 0.6 is 39.1 Å². The fourth-order valence-corrected chi connectivity index (χ4v) is 8.88. The van der Waals surface area contributed by atoms with Crippen LogP contribution in [0.15, 0.2) is 58.6 Å². The zero-order chi connectivity index (χ0) is 35.5. The molecule has 3 fully saturated rings. The quantitative estimate of drug-likeness (QED) is 0.0797. The van der Waals surface area contributed by atoms with Gasteiger partial charge in [-0.2, -0.15) is 0 Å². The van der Waals surface area contributed by atoms with Gasteiger partial charge in [0, 0.05) is 16.0 Å². The van der Waals surface area contributed by atoms with E-state index in [1.807, 2.05) is 0 Å². The number of rotatable bonds is 4. The number of hydrogen-bond donors (Lipinski definition) is 1. The van der Waals surface area contributed by atoms with Gasteiger partial charge in [-0.25, -0.2) is 26.9 Å². The standard InChI is InChI=1S/C33H20BrCl2F5N2O6/c1-49-18-4-2-3-16(27(18)44)20-14-9-10-15-19(29(46)42(28(15)45)13-7-5-12(34)6-8-13)17(14)11-32(35)30(47)43(31(48)33(20,32)36)26-24(40)22(38)21(37)23(39)25(26)41/h2-9,15,17,19-20,44H,10-11H2,1H3/t15-,17+,19-,20+,32+,33-/m0/s1. The number of carbonyl (C=O) groups is 4. The lowest BCUT2D eigenvalue weighted by Gasteiger charge is -2.50. The van der Waals surface area contributed by atoms with Crippen LogP contribution in [0.25, 0.3) is 0 Å². The van der Waals surface area contributed by atoms with Crippen molar-refractivity contribution in [1.29, 1.82) is 0 Å². The number of amides is 4. The molecule has 2 aliphatic heterocycles. The molecule has 3 aromatic rings. The molecule has 49 heavy (non-hydrogen) atoms. The molecular weight excluding hydrogens is 766 g/mol. The number of methoxy groups -OCH3 is 1. The highest BCUT2D eigenvalue weighted by atomic mass is 79.9. The summed E-state index contributed by atoms with van der Waals surface area (Å²) in [5, 5.41) is 11.3. The third kappa shape index (κ3) is 4.26. The predicted octanol–water partition coefficient (Wildman–Crippen LogP) is 6.63. The number of phenolic OH excluding ortho intramolecular Hbond substituents is 1. The average Bonchev–Trinajstić information content (AvgIpc) is 3.42. The largest absolute Gasteiger partial charge is 0.504 e. The van der Waals surface area contributed by atoms with E-state index in [0.29, 0.717) is 4.47 Å². The third-order valence-corrected chi connectivity index (χ3v) is 11.8. The minimum absolute atomic E-state index is 0.0545. The highest BCUT2D eigenvalue weighted by Gasteiger charge is 2.77. The Labute approximate surface area is 292 Å². The van der Waals surface area contributed by atoms with Crippen molar-refractivity contribution in [3.8, 4) is 11.5 Å². The summed E-state index contributed by atoms with van der Waals surface area (Å²) >= 11 is 17.5. The Hall–Kier alpha value is -4.01. The van der Waals surface area contributed by atoms with E-state index in [0.717, 1.165) is 4.90 Å². The van der Waals surface area contributed by atoms with E-state index in [-0.39, 0.29) is 33.9 Å². The smallest absolute Gasteiger partial charge is 0.258 e. The van der Waals surface area contributed by atoms with Crippen molar-refractivity contribution < 1.29 is 51.0 Å². The van der Waals surface area contributed by atoms with Gasteiger partial charge >= 0.3 is 0 Å². The van der Waals surface area contributed by atoms with Gasteiger partial charge in [0.05, 0.1) is 24.6 Å². The van der Waals surface area contributed by atoms with Gasteiger partial charge in [-0.3, -0.25) is 24.1 Å². The minimum Gasteiger partial charge on any atom is -0.504 e. The topological polar surface area (TPSA) is 104 Å². The molecule has 0 unspecified atom stereocenters. The zero-order valence-corrected chi connectivity index (χ0v) is 27.8. The van der Waals surface area contributed by atoms with Gasteiger partial charge in [0.15, 0.2) is 44.5 Å². The number of phenols is 1. The maximum absolute atomic E-state index is 15.2. The van der Waals surface area contributed by atoms with Crippen LogP contribution in [-0.2, 0) is 19.2 Å². The summed E-state index contributed by atoms with van der Waals surface area (Å²) in [5.74, 6) is -22.5. The molecule has 8 nitrogen and oxygen atoms in total. The molecule has 3 aromatic carbocycles. The monoisotopic (exact) mass is 784 g/mol. The summed E-state index contributed by atoms with van der Waals surface area (Å²) in [5.41, 5.74) is -1.60. The Balaban J connectivity index is 1.45. The van der Waals surface area contributed by atoms with Crippen LogP contribution in [0.5, 0.6) is 11.5 Å². The Bertz CT molecular complexity index is 2040. The third-order valence-electron chi connectivity index (χ3n) is 9.87. The average molecular weight is 786 g/mol. The number of aromatic hydroxyl groups is 1. The number of carbonyl (C=O) groups excluding carboxylic acids is 4. The fourth-order valence-electron chi connectivity index (χ4n) is 7.69. The van der Waals surface area contributed by atoms with E-state index in [4.69, 9.17) is 27.9 Å². The molecule has 6 atom stereocenters. The first-order chi connectivity index (χ1) is 23.1. The zero-order valence-electron chi connectivity index (χ0n) is 24.7. The van der Waals surface area contributed by atoms with E-state index < -0.39 is 104 Å². The van der Waals surface area contributed by atoms with Crippen LogP contribution in [0.1, 0.15) is 24.3 Å². The molecule has 16 heteroatoms. The van der Waals surface area contributed by atoms with E-state index in [2.05, 4.69) is 15.9 Å². The number of allylic oxidation sites excluding steroid dienone is 2. The first-order valence-corrected chi connectivity index (χ1v) is 16.1. The normalized spacial score (nSPS) is 29.2. The number of alkyl halides is 2. The molecule has 7 rings (SSSR count). The van der Waals surface area contributed by atoms with Crippen LogP contribution in [0.3, 0.4) is 0 Å². The molecule has 254 valence electrons. The maximum atomic E-state index is 15.2. The molecule has 4 aliphatic rings. The van der Waals surface area contributed by atoms with Gasteiger partial charge in [0.25, 0.3) is 11.8 Å². The van der Waals surface area contributed by atoms with Gasteiger partial charge in [-0.1, -0.05) is 39.7 Å². The Morgan fingerprint density at radius 1 is 0.837 bits per heavy atom. The highest BCUT2D eigenvalue weighted by Crippen LogP contribution is 2.67. The van der Waals surface area contributed by atoms with Gasteiger partial charge in [-0.05, 0) is 49.1 Å². The van der Waals surface area contributed by atoms with E-state index in [1.54, 1.807) is 12.1 Å². The van der Waals surface area contributed by atoms with E-state index in [9.17, 15) is 37.5 Å². The van der Waals surface area contributed by atoms with Crippen molar-refractivity contribution in [1.82, 2.24) is 0 Å². The van der Waals surface area contributed by atoms with Gasteiger partial charge in [-0.15, -0.1) is 23.2 Å². The number of imide groups is 2. The van der Waals surface area contributed by atoms with Gasteiger partial charge in [0.1, 0.15) is 5.69 Å². The molecule has 0 aromatic heterocycles. The second-order valence-electron chi connectivity index (χ2n) is 12.1. The molecule has 2 heterocycles. The molecule has 1 N–H and O–H groups in total. The first-order valence-electron chi connectivity index (χ1n) is 14.6. The predicted molar refractivity (Wildman–Crippen MR) is 168 cm³/mol. The highest BCUT2D eigenvalue weighted by molar-refractivity contribution is 9.10. The number of ether oxygens (including phenoxy) is 1. The van der Waals surface area contributed by atoms with Crippen molar-refractivity contribution in [3.63, 3.8) is 0 Å². The Morgan fingerprint density at radius 3 is 2.06 bits per heavy atom. The van der Waals surface area contributed by atoms with Crippen LogP contribution in [0.2, 0.25) is 0 Å². The molecule has 0 spiro atoms. The first kappa shape index (κ1) is 33.5. The summed E-state index contributed by atoms with van der Waals surface area (Å²) in [4.78, 5) is 51.7. The number of benzene rings is 3. The number of para-hydroxylation sites is 1. The lowest BCUT2D eigenvalue weighted by atomic mass is 9.56. The van der Waals surface area contributed by atoms with Crippen molar-refractivity contribution in [2.45, 2.75) is 28.5 Å². The van der Waals surface area contributed by atoms with Crippen molar-refractivity contribution in [3.05, 3.63) is 93.2 Å². The summed E-state index contributed by atoms with van der Waals surface area (Å²) in [6.45, 7) is 0. The Morgan fingerprint density at radius 2 is 1.45 bits per heavy atom. The minimum atomic E-state index is -2.78. The summed E-state index contributed by atoms with van der Waals surface area (Å²) in [7, 11) is 1.23. The van der Waals surface area contributed by atoms with Crippen LogP contribution in [0.4, 0.5) is 33.3 Å². The van der Waals surface area contributed by atoms with E-state index in [1.165, 1.54) is 43.5 Å². The second kappa shape index (κ2) is 11.3. The second-order valence-corrected chi connectivity index (χ2v) is 14.2. The molecule has 0 radical (unpaired) electrons. The maximum Gasteiger partial charge on any atom is 0.258 e. The summed E-state index contributed by atoms with van der Waals surface area (Å²) in [6.07, 6.45) is 0.808. The van der Waals surface area contributed by atoms with E-state index >= 15 is 8.78 Å². The molecule has 2 aliphatic carbocycles. The van der Waals surface area contributed by atoms with Crippen LogP contribution in [-0.4, -0.2) is 45.6 Å². The lowest BCUT2D eigenvalue weighted by molar-refractivity contribution is -0.125. The summed E-state index contributed by atoms with van der Waals surface area (Å²) in [6, 6.07) is 10.4. The lowest BCUT2D eigenvalue weighted by Crippen LogP contribution is -2.60. The number of fused-ring (bicyclic) bond motifs is 4. The number of halogens is 8. The fraction of sp³-hybridized carbons (Fsp3) is 0.273. The number of hydrogen-bond acceptors (Lipinski definition) is 6. The number of anilines is 2. The van der Waals surface area contributed by atoms with Crippen molar-refractivity contribution >= 4 is 74.1 Å².